The minimum atomic E-state index is -4.65. The maximum absolute atomic E-state index is 13.6. The van der Waals surface area contributed by atoms with Crippen molar-refractivity contribution in [3.05, 3.63) is 82.3 Å². The van der Waals surface area contributed by atoms with Gasteiger partial charge in [0.15, 0.2) is 5.78 Å². The highest BCUT2D eigenvalue weighted by Crippen LogP contribution is 2.44. The predicted octanol–water partition coefficient (Wildman–Crippen LogP) is 6.38. The number of aromatic nitrogens is 3. The summed E-state index contributed by atoms with van der Waals surface area (Å²) in [5.74, 6) is 0.0406. The molecule has 0 saturated carbocycles. The third-order valence-electron chi connectivity index (χ3n) is 6.82. The van der Waals surface area contributed by atoms with E-state index in [4.69, 9.17) is 4.42 Å². The summed E-state index contributed by atoms with van der Waals surface area (Å²) in [4.78, 5) is 17.4. The van der Waals surface area contributed by atoms with Crippen LogP contribution in [0.5, 0.6) is 0 Å². The molecule has 5 nitrogen and oxygen atoms in total. The van der Waals surface area contributed by atoms with Crippen molar-refractivity contribution in [3.8, 4) is 0 Å². The van der Waals surface area contributed by atoms with Gasteiger partial charge in [-0.15, -0.1) is 5.10 Å². The number of rotatable bonds is 3. The number of allylic oxidation sites excluding steroid dienone is 2. The second-order valence-electron chi connectivity index (χ2n) is 9.43. The topological polar surface area (TPSA) is 60.9 Å². The Morgan fingerprint density at radius 2 is 1.85 bits per heavy atom. The van der Waals surface area contributed by atoms with Gasteiger partial charge >= 0.3 is 6.18 Å². The number of hydrogen-bond acceptors (Lipinski definition) is 4. The largest absolute Gasteiger partial charge is 0.469 e. The predicted molar refractivity (Wildman–Crippen MR) is 119 cm³/mol. The molecule has 2 aromatic heterocycles. The maximum Gasteiger partial charge on any atom is 0.453 e. The first kappa shape index (κ1) is 22.6. The number of hydrogen-bond donors (Lipinski definition) is 0. The summed E-state index contributed by atoms with van der Waals surface area (Å²) >= 11 is 0. The first-order valence-corrected chi connectivity index (χ1v) is 11.6. The van der Waals surface area contributed by atoms with Gasteiger partial charge in [-0.1, -0.05) is 43.7 Å². The van der Waals surface area contributed by atoms with Gasteiger partial charge in [-0.05, 0) is 48.4 Å². The summed E-state index contributed by atoms with van der Waals surface area (Å²) in [7, 11) is 0. The molecule has 2 atom stereocenters. The number of ketones is 1. The van der Waals surface area contributed by atoms with E-state index >= 15 is 0 Å². The molecule has 0 saturated heterocycles. The van der Waals surface area contributed by atoms with Crippen LogP contribution in [0.4, 0.5) is 13.2 Å². The number of halogens is 3. The fraction of sp³-hybridized carbons (Fsp3) is 0.423. The smallest absolute Gasteiger partial charge is 0.453 e. The Hall–Kier alpha value is -3.16. The van der Waals surface area contributed by atoms with E-state index in [1.54, 1.807) is 12.3 Å². The van der Waals surface area contributed by atoms with Crippen LogP contribution >= 0.6 is 0 Å². The molecular formula is C26H26F3N3O2. The zero-order valence-electron chi connectivity index (χ0n) is 19.1. The molecular weight excluding hydrogens is 443 g/mol. The quantitative estimate of drug-likeness (QED) is 0.446. The highest BCUT2D eigenvalue weighted by atomic mass is 19.4. The van der Waals surface area contributed by atoms with Crippen molar-refractivity contribution in [1.29, 1.82) is 0 Å². The van der Waals surface area contributed by atoms with E-state index in [0.29, 0.717) is 37.2 Å². The lowest BCUT2D eigenvalue weighted by Crippen LogP contribution is -2.29. The van der Waals surface area contributed by atoms with Crippen molar-refractivity contribution in [3.63, 3.8) is 0 Å². The van der Waals surface area contributed by atoms with E-state index in [2.05, 4.69) is 23.9 Å². The van der Waals surface area contributed by atoms with Crippen molar-refractivity contribution in [2.24, 2.45) is 0 Å². The lowest BCUT2D eigenvalue weighted by molar-refractivity contribution is -0.145. The molecule has 8 heteroatoms. The number of fused-ring (bicyclic) bond motifs is 1. The molecule has 2 aliphatic rings. The number of benzene rings is 1. The van der Waals surface area contributed by atoms with Crippen molar-refractivity contribution in [2.75, 3.05) is 0 Å². The van der Waals surface area contributed by atoms with Crippen LogP contribution < -0.4 is 0 Å². The van der Waals surface area contributed by atoms with Crippen LogP contribution in [0.1, 0.15) is 85.9 Å². The molecule has 2 unspecified atom stereocenters. The van der Waals surface area contributed by atoms with E-state index in [-0.39, 0.29) is 23.9 Å². The van der Waals surface area contributed by atoms with E-state index in [1.807, 2.05) is 30.3 Å². The Kier molecular flexibility index (Phi) is 5.70. The van der Waals surface area contributed by atoms with Gasteiger partial charge in [0.1, 0.15) is 17.6 Å². The molecule has 0 N–H and O–H groups in total. The van der Waals surface area contributed by atoms with Crippen LogP contribution in [-0.4, -0.2) is 20.5 Å². The third-order valence-corrected chi connectivity index (χ3v) is 6.82. The molecule has 0 spiro atoms. The van der Waals surface area contributed by atoms with Crippen LogP contribution in [-0.2, 0) is 17.4 Å². The molecule has 3 heterocycles. The fourth-order valence-corrected chi connectivity index (χ4v) is 5.12. The molecule has 3 aromatic rings. The standard InChI is InChI=1S/C26H26F3N3O2/c1-15(2)16-8-10-17(11-9-16)24-23-18(13-19(14-20(23)33)21-6-4-12-34-21)5-3-7-22-30-25(26(27,28)29)31-32(22)24/h4,6,8-12,15,19,24H,3,5,7,13-14H2,1-2H3. The van der Waals surface area contributed by atoms with E-state index in [0.717, 1.165) is 22.5 Å². The summed E-state index contributed by atoms with van der Waals surface area (Å²) in [5, 5.41) is 3.91. The number of carbonyl (C=O) groups excluding carboxylic acids is 1. The minimum Gasteiger partial charge on any atom is -0.469 e. The number of alkyl halides is 3. The number of Topliss-reactive ketones (excluding diaryl/α,β-unsaturated/α-hetero) is 1. The molecule has 0 amide bonds. The maximum atomic E-state index is 13.6. The summed E-state index contributed by atoms with van der Waals surface area (Å²) in [6.07, 6.45) is -0.562. The zero-order valence-corrected chi connectivity index (χ0v) is 19.1. The zero-order chi connectivity index (χ0) is 24.0. The lowest BCUT2D eigenvalue weighted by Gasteiger charge is -2.32. The molecule has 1 aliphatic carbocycles. The SMILES string of the molecule is CC(C)c1ccc(C2C3=C(CCCc4nc(C(F)(F)F)nn42)CC(c2ccco2)CC3=O)cc1. The summed E-state index contributed by atoms with van der Waals surface area (Å²) < 4.78 is 47.5. The van der Waals surface area contributed by atoms with Gasteiger partial charge in [-0.25, -0.2) is 9.67 Å². The monoisotopic (exact) mass is 469 g/mol. The van der Waals surface area contributed by atoms with Gasteiger partial charge < -0.3 is 4.42 Å². The average molecular weight is 470 g/mol. The average Bonchev–Trinajstić information content (AvgIpc) is 3.45. The second-order valence-corrected chi connectivity index (χ2v) is 9.43. The Bertz CT molecular complexity index is 1220. The number of nitrogens with zero attached hydrogens (tertiary/aromatic N) is 3. The second kappa shape index (κ2) is 8.56. The van der Waals surface area contributed by atoms with Crippen LogP contribution in [0.3, 0.4) is 0 Å². The molecule has 1 aliphatic heterocycles. The van der Waals surface area contributed by atoms with Crippen LogP contribution in [0.2, 0.25) is 0 Å². The van der Waals surface area contributed by atoms with E-state index in [1.165, 1.54) is 4.68 Å². The van der Waals surface area contributed by atoms with Crippen molar-refractivity contribution in [2.45, 2.75) is 70.0 Å². The van der Waals surface area contributed by atoms with Crippen molar-refractivity contribution >= 4 is 5.78 Å². The molecule has 5 rings (SSSR count). The Balaban J connectivity index is 1.66. The summed E-state index contributed by atoms with van der Waals surface area (Å²) in [6.45, 7) is 4.16. The van der Waals surface area contributed by atoms with Gasteiger partial charge in [-0.2, -0.15) is 13.2 Å². The Labute approximate surface area is 195 Å². The highest BCUT2D eigenvalue weighted by molar-refractivity contribution is 5.99. The molecule has 0 bridgehead atoms. The summed E-state index contributed by atoms with van der Waals surface area (Å²) in [6, 6.07) is 10.7. The highest BCUT2D eigenvalue weighted by Gasteiger charge is 2.41. The van der Waals surface area contributed by atoms with Gasteiger partial charge in [0.2, 0.25) is 0 Å². The number of furan rings is 1. The van der Waals surface area contributed by atoms with E-state index in [9.17, 15) is 18.0 Å². The minimum absolute atomic E-state index is 0.0643. The Morgan fingerprint density at radius 3 is 2.50 bits per heavy atom. The normalized spacial score (nSPS) is 21.3. The molecule has 0 radical (unpaired) electrons. The molecule has 178 valence electrons. The third kappa shape index (κ3) is 4.10. The van der Waals surface area contributed by atoms with Gasteiger partial charge in [0.05, 0.1) is 6.26 Å². The van der Waals surface area contributed by atoms with Gasteiger partial charge in [0.25, 0.3) is 5.82 Å². The summed E-state index contributed by atoms with van der Waals surface area (Å²) in [5.41, 5.74) is 3.39. The van der Waals surface area contributed by atoms with Crippen LogP contribution in [0, 0.1) is 0 Å². The fourth-order valence-electron chi connectivity index (χ4n) is 5.12. The van der Waals surface area contributed by atoms with Gasteiger partial charge in [0, 0.05) is 24.3 Å². The van der Waals surface area contributed by atoms with Crippen molar-refractivity contribution < 1.29 is 22.4 Å². The van der Waals surface area contributed by atoms with Crippen LogP contribution in [0.15, 0.2) is 58.2 Å². The first-order chi connectivity index (χ1) is 16.2. The number of carbonyl (C=O) groups is 1. The molecule has 1 aromatic carbocycles. The molecule has 34 heavy (non-hydrogen) atoms. The van der Waals surface area contributed by atoms with Gasteiger partial charge in [-0.3, -0.25) is 4.79 Å². The Morgan fingerprint density at radius 1 is 1.09 bits per heavy atom. The van der Waals surface area contributed by atoms with Crippen molar-refractivity contribution in [1.82, 2.24) is 14.8 Å². The lowest BCUT2D eigenvalue weighted by atomic mass is 9.75. The first-order valence-electron chi connectivity index (χ1n) is 11.6. The van der Waals surface area contributed by atoms with Crippen LogP contribution in [0.25, 0.3) is 0 Å². The molecule has 0 fully saturated rings. The van der Waals surface area contributed by atoms with E-state index < -0.39 is 18.0 Å². The number of aryl methyl sites for hydroxylation is 1.